The van der Waals surface area contributed by atoms with Crippen LogP contribution in [-0.2, 0) is 19.1 Å². The molecule has 0 unspecified atom stereocenters. The van der Waals surface area contributed by atoms with E-state index in [4.69, 9.17) is 9.47 Å². The Bertz CT molecular complexity index is 326. The topological polar surface area (TPSA) is 52.6 Å². The lowest BCUT2D eigenvalue weighted by Crippen LogP contribution is -2.45. The first-order valence-corrected chi connectivity index (χ1v) is 8.67. The molecule has 22 heavy (non-hydrogen) atoms. The highest BCUT2D eigenvalue weighted by Crippen LogP contribution is 2.35. The van der Waals surface area contributed by atoms with Crippen LogP contribution in [0.2, 0.25) is 0 Å². The third-order valence-electron chi connectivity index (χ3n) is 4.14. The normalized spacial score (nSPS) is 11.8. The molecule has 0 aromatic rings. The maximum atomic E-state index is 12.0. The zero-order valence-electron chi connectivity index (χ0n) is 15.2. The molecule has 0 heterocycles. The van der Waals surface area contributed by atoms with Gasteiger partial charge in [0.05, 0.1) is 6.61 Å². The fourth-order valence-electron chi connectivity index (χ4n) is 2.81. The van der Waals surface area contributed by atoms with Crippen molar-refractivity contribution in [3.63, 3.8) is 0 Å². The molecular weight excluding hydrogens is 280 g/mol. The number of rotatable bonds is 11. The molecule has 0 saturated heterocycles. The van der Waals surface area contributed by atoms with Crippen LogP contribution in [0, 0.1) is 11.8 Å². The van der Waals surface area contributed by atoms with Crippen molar-refractivity contribution in [3.05, 3.63) is 0 Å². The van der Waals surface area contributed by atoms with E-state index in [1.54, 1.807) is 0 Å². The third kappa shape index (κ3) is 6.80. The fraction of sp³-hybridized carbons (Fsp3) is 0.889. The Balaban J connectivity index is 4.66. The van der Waals surface area contributed by atoms with Gasteiger partial charge in [-0.2, -0.15) is 0 Å². The number of hydrogen-bond donors (Lipinski definition) is 0. The number of ether oxygens (including phenoxy) is 2. The van der Waals surface area contributed by atoms with Crippen LogP contribution in [0.5, 0.6) is 0 Å². The number of esters is 2. The molecule has 130 valence electrons. The van der Waals surface area contributed by atoms with E-state index in [2.05, 4.69) is 27.7 Å². The van der Waals surface area contributed by atoms with Gasteiger partial charge < -0.3 is 9.47 Å². The second kappa shape index (κ2) is 10.6. The molecule has 0 aromatic carbocycles. The summed E-state index contributed by atoms with van der Waals surface area (Å²) in [5, 5.41) is 0. The minimum absolute atomic E-state index is 0.132. The van der Waals surface area contributed by atoms with Crippen molar-refractivity contribution in [1.82, 2.24) is 0 Å². The van der Waals surface area contributed by atoms with E-state index < -0.39 is 5.60 Å². The van der Waals surface area contributed by atoms with Crippen LogP contribution in [0.25, 0.3) is 0 Å². The van der Waals surface area contributed by atoms with E-state index in [1.807, 2.05) is 13.8 Å². The van der Waals surface area contributed by atoms with Crippen LogP contribution < -0.4 is 0 Å². The standard InChI is InChI=1S/C18H34O4/c1-7-10-16(19)21-13-9-12-18(14(3)4,15(5)6)22-17(20)11-8-2/h14-15H,7-13H2,1-6H3. The molecule has 0 aromatic heterocycles. The first-order valence-electron chi connectivity index (χ1n) is 8.67. The minimum atomic E-state index is -0.483. The summed E-state index contributed by atoms with van der Waals surface area (Å²) in [6.45, 7) is 12.7. The molecule has 0 fully saturated rings. The average molecular weight is 314 g/mol. The smallest absolute Gasteiger partial charge is 0.306 e. The Labute approximate surface area is 135 Å². The van der Waals surface area contributed by atoms with Gasteiger partial charge >= 0.3 is 11.9 Å². The summed E-state index contributed by atoms with van der Waals surface area (Å²) in [6.07, 6.45) is 3.94. The van der Waals surface area contributed by atoms with Crippen molar-refractivity contribution < 1.29 is 19.1 Å². The Morgan fingerprint density at radius 1 is 0.909 bits per heavy atom. The third-order valence-corrected chi connectivity index (χ3v) is 4.14. The Morgan fingerprint density at radius 2 is 1.41 bits per heavy atom. The molecule has 0 N–H and O–H groups in total. The van der Waals surface area contributed by atoms with Crippen molar-refractivity contribution in [2.75, 3.05) is 6.61 Å². The van der Waals surface area contributed by atoms with Crippen LogP contribution >= 0.6 is 0 Å². The first kappa shape index (κ1) is 20.9. The van der Waals surface area contributed by atoms with E-state index in [9.17, 15) is 9.59 Å². The summed E-state index contributed by atoms with van der Waals surface area (Å²) >= 11 is 0. The van der Waals surface area contributed by atoms with Crippen LogP contribution in [-0.4, -0.2) is 24.1 Å². The molecule has 0 aliphatic heterocycles. The zero-order valence-corrected chi connectivity index (χ0v) is 15.2. The van der Waals surface area contributed by atoms with Gasteiger partial charge in [-0.05, 0) is 37.5 Å². The average Bonchev–Trinajstić information content (AvgIpc) is 2.42. The van der Waals surface area contributed by atoms with Gasteiger partial charge in [-0.3, -0.25) is 9.59 Å². The highest BCUT2D eigenvalue weighted by Gasteiger charge is 2.40. The molecule has 0 bridgehead atoms. The van der Waals surface area contributed by atoms with Crippen molar-refractivity contribution in [2.45, 2.75) is 85.7 Å². The largest absolute Gasteiger partial charge is 0.466 e. The second-order valence-electron chi connectivity index (χ2n) is 6.56. The van der Waals surface area contributed by atoms with E-state index >= 15 is 0 Å². The van der Waals surface area contributed by atoms with Crippen LogP contribution in [0.4, 0.5) is 0 Å². The lowest BCUT2D eigenvalue weighted by molar-refractivity contribution is -0.174. The van der Waals surface area contributed by atoms with Crippen molar-refractivity contribution in [1.29, 1.82) is 0 Å². The highest BCUT2D eigenvalue weighted by molar-refractivity contribution is 5.70. The SMILES string of the molecule is CCCC(=O)OCCCC(OC(=O)CCC)(C(C)C)C(C)C. The van der Waals surface area contributed by atoms with Gasteiger partial charge in [-0.15, -0.1) is 0 Å². The van der Waals surface area contributed by atoms with Crippen LogP contribution in [0.1, 0.15) is 80.1 Å². The van der Waals surface area contributed by atoms with E-state index in [0.29, 0.717) is 25.9 Å². The first-order chi connectivity index (χ1) is 10.3. The molecule has 0 atom stereocenters. The van der Waals surface area contributed by atoms with Gasteiger partial charge in [0, 0.05) is 12.8 Å². The Kier molecular flexibility index (Phi) is 10.1. The highest BCUT2D eigenvalue weighted by atomic mass is 16.6. The summed E-state index contributed by atoms with van der Waals surface area (Å²) < 4.78 is 11.1. The lowest BCUT2D eigenvalue weighted by Gasteiger charge is -2.41. The number of carbonyl (C=O) groups is 2. The van der Waals surface area contributed by atoms with Crippen LogP contribution in [0.15, 0.2) is 0 Å². The molecule has 4 heteroatoms. The number of carbonyl (C=O) groups excluding carboxylic acids is 2. The molecule has 0 spiro atoms. The van der Waals surface area contributed by atoms with Crippen molar-refractivity contribution in [2.24, 2.45) is 11.8 Å². The summed E-state index contributed by atoms with van der Waals surface area (Å²) in [5.41, 5.74) is -0.483. The molecule has 0 aliphatic rings. The van der Waals surface area contributed by atoms with Crippen LogP contribution in [0.3, 0.4) is 0 Å². The maximum Gasteiger partial charge on any atom is 0.306 e. The maximum absolute atomic E-state index is 12.0. The van der Waals surface area contributed by atoms with Gasteiger partial charge in [0.15, 0.2) is 0 Å². The van der Waals surface area contributed by atoms with Gasteiger partial charge in [-0.1, -0.05) is 41.5 Å². The van der Waals surface area contributed by atoms with Crippen molar-refractivity contribution in [3.8, 4) is 0 Å². The van der Waals surface area contributed by atoms with Gasteiger partial charge in [0.2, 0.25) is 0 Å². The van der Waals surface area contributed by atoms with E-state index in [0.717, 1.165) is 19.3 Å². The quantitative estimate of drug-likeness (QED) is 0.416. The molecule has 0 saturated carbocycles. The summed E-state index contributed by atoms with van der Waals surface area (Å²) in [7, 11) is 0. The Hall–Kier alpha value is -1.06. The molecule has 0 rings (SSSR count). The molecule has 0 aliphatic carbocycles. The predicted octanol–water partition coefficient (Wildman–Crippen LogP) is 4.50. The van der Waals surface area contributed by atoms with Crippen molar-refractivity contribution >= 4 is 11.9 Å². The molecule has 0 radical (unpaired) electrons. The summed E-state index contributed by atoms with van der Waals surface area (Å²) in [5.74, 6) is 0.164. The summed E-state index contributed by atoms with van der Waals surface area (Å²) in [4.78, 5) is 23.4. The van der Waals surface area contributed by atoms with E-state index in [1.165, 1.54) is 0 Å². The van der Waals surface area contributed by atoms with E-state index in [-0.39, 0.29) is 23.8 Å². The molecular formula is C18H34O4. The summed E-state index contributed by atoms with van der Waals surface area (Å²) in [6, 6.07) is 0. The second-order valence-corrected chi connectivity index (χ2v) is 6.56. The zero-order chi connectivity index (χ0) is 17.2. The fourth-order valence-corrected chi connectivity index (χ4v) is 2.81. The molecule has 4 nitrogen and oxygen atoms in total. The Morgan fingerprint density at radius 3 is 1.86 bits per heavy atom. The van der Waals surface area contributed by atoms with Gasteiger partial charge in [0.25, 0.3) is 0 Å². The number of hydrogen-bond acceptors (Lipinski definition) is 4. The monoisotopic (exact) mass is 314 g/mol. The predicted molar refractivity (Wildman–Crippen MR) is 88.5 cm³/mol. The lowest BCUT2D eigenvalue weighted by atomic mass is 9.77. The minimum Gasteiger partial charge on any atom is -0.466 e. The van der Waals surface area contributed by atoms with Gasteiger partial charge in [-0.25, -0.2) is 0 Å². The molecule has 0 amide bonds. The van der Waals surface area contributed by atoms with Gasteiger partial charge in [0.1, 0.15) is 5.60 Å².